The van der Waals surface area contributed by atoms with E-state index in [1.54, 1.807) is 19.1 Å². The summed E-state index contributed by atoms with van der Waals surface area (Å²) in [5, 5.41) is 11.4. The largest absolute Gasteiger partial charge is 0.483 e. The Balaban J connectivity index is 2.66. The zero-order chi connectivity index (χ0) is 12.0. The number of ether oxygens (including phenoxy) is 1. The molecule has 0 heterocycles. The maximum atomic E-state index is 11.1. The monoisotopic (exact) mass is 223 g/mol. The van der Waals surface area contributed by atoms with Gasteiger partial charge in [-0.3, -0.25) is 4.79 Å². The Kier molecular flexibility index (Phi) is 4.32. The van der Waals surface area contributed by atoms with Crippen LogP contribution in [-0.2, 0) is 4.79 Å². The maximum Gasteiger partial charge on any atom is 0.339 e. The van der Waals surface area contributed by atoms with Gasteiger partial charge in [0.1, 0.15) is 11.3 Å². The number of carbonyl (C=O) groups is 2. The number of amides is 1. The number of carbonyl (C=O) groups excluding carboxylic acids is 1. The number of likely N-dealkylation sites (N-methyl/N-ethyl adjacent to an activating group) is 1. The number of nitrogens with one attached hydrogen (secondary N) is 1. The molecule has 0 aliphatic carbocycles. The highest BCUT2D eigenvalue weighted by Crippen LogP contribution is 2.17. The predicted molar refractivity (Wildman–Crippen MR) is 57.6 cm³/mol. The second-order valence-corrected chi connectivity index (χ2v) is 3.04. The van der Waals surface area contributed by atoms with E-state index in [4.69, 9.17) is 9.84 Å². The average molecular weight is 223 g/mol. The van der Waals surface area contributed by atoms with Crippen molar-refractivity contribution in [3.05, 3.63) is 29.8 Å². The van der Waals surface area contributed by atoms with Gasteiger partial charge in [0, 0.05) is 6.54 Å². The van der Waals surface area contributed by atoms with Crippen molar-refractivity contribution in [3.8, 4) is 5.75 Å². The molecule has 5 heteroatoms. The second-order valence-electron chi connectivity index (χ2n) is 3.04. The van der Waals surface area contributed by atoms with E-state index < -0.39 is 5.97 Å². The van der Waals surface area contributed by atoms with E-state index in [2.05, 4.69) is 5.32 Å². The van der Waals surface area contributed by atoms with Gasteiger partial charge in [0.25, 0.3) is 5.91 Å². The van der Waals surface area contributed by atoms with Crippen LogP contribution in [0.5, 0.6) is 5.75 Å². The van der Waals surface area contributed by atoms with Gasteiger partial charge in [0.2, 0.25) is 0 Å². The number of aromatic carboxylic acids is 1. The molecule has 0 bridgehead atoms. The molecule has 0 unspecified atom stereocenters. The Bertz CT molecular complexity index is 389. The molecule has 1 aromatic rings. The summed E-state index contributed by atoms with van der Waals surface area (Å²) in [6.45, 7) is 2.13. The van der Waals surface area contributed by atoms with E-state index in [1.807, 2.05) is 0 Å². The molecule has 86 valence electrons. The number of hydrogen-bond donors (Lipinski definition) is 2. The lowest BCUT2D eigenvalue weighted by Crippen LogP contribution is -2.28. The van der Waals surface area contributed by atoms with Crippen LogP contribution in [0, 0.1) is 0 Å². The first-order valence-electron chi connectivity index (χ1n) is 4.87. The van der Waals surface area contributed by atoms with Gasteiger partial charge in [-0.05, 0) is 19.1 Å². The highest BCUT2D eigenvalue weighted by Gasteiger charge is 2.11. The molecule has 0 atom stereocenters. The lowest BCUT2D eigenvalue weighted by molar-refractivity contribution is -0.123. The van der Waals surface area contributed by atoms with E-state index in [1.165, 1.54) is 12.1 Å². The van der Waals surface area contributed by atoms with E-state index in [-0.39, 0.29) is 23.8 Å². The van der Waals surface area contributed by atoms with Crippen molar-refractivity contribution < 1.29 is 19.4 Å². The van der Waals surface area contributed by atoms with E-state index in [9.17, 15) is 9.59 Å². The molecule has 1 rings (SSSR count). The fourth-order valence-corrected chi connectivity index (χ4v) is 1.16. The van der Waals surface area contributed by atoms with Crippen molar-refractivity contribution in [1.82, 2.24) is 5.32 Å². The van der Waals surface area contributed by atoms with Gasteiger partial charge in [-0.2, -0.15) is 0 Å². The Labute approximate surface area is 93.0 Å². The fourth-order valence-electron chi connectivity index (χ4n) is 1.16. The van der Waals surface area contributed by atoms with Gasteiger partial charge in [-0.25, -0.2) is 4.79 Å². The lowest BCUT2D eigenvalue weighted by atomic mass is 10.2. The van der Waals surface area contributed by atoms with Crippen LogP contribution in [-0.4, -0.2) is 30.1 Å². The van der Waals surface area contributed by atoms with Crippen molar-refractivity contribution in [2.24, 2.45) is 0 Å². The first-order chi connectivity index (χ1) is 7.65. The van der Waals surface area contributed by atoms with E-state index in [0.717, 1.165) is 0 Å². The summed E-state index contributed by atoms with van der Waals surface area (Å²) >= 11 is 0. The minimum atomic E-state index is -1.08. The minimum Gasteiger partial charge on any atom is -0.483 e. The van der Waals surface area contributed by atoms with Crippen molar-refractivity contribution in [3.63, 3.8) is 0 Å². The molecule has 0 aromatic heterocycles. The van der Waals surface area contributed by atoms with Crippen LogP contribution >= 0.6 is 0 Å². The highest BCUT2D eigenvalue weighted by atomic mass is 16.5. The zero-order valence-corrected chi connectivity index (χ0v) is 8.90. The molecule has 16 heavy (non-hydrogen) atoms. The lowest BCUT2D eigenvalue weighted by Gasteiger charge is -2.08. The first kappa shape index (κ1) is 12.0. The molecular weight excluding hydrogens is 210 g/mol. The molecule has 0 radical (unpaired) electrons. The smallest absolute Gasteiger partial charge is 0.339 e. The van der Waals surface area contributed by atoms with Gasteiger partial charge in [0.15, 0.2) is 6.61 Å². The van der Waals surface area contributed by atoms with Crippen molar-refractivity contribution in [1.29, 1.82) is 0 Å². The third-order valence-electron chi connectivity index (χ3n) is 1.85. The van der Waals surface area contributed by atoms with Gasteiger partial charge >= 0.3 is 5.97 Å². The van der Waals surface area contributed by atoms with Crippen LogP contribution in [0.15, 0.2) is 24.3 Å². The van der Waals surface area contributed by atoms with E-state index in [0.29, 0.717) is 6.54 Å². The van der Waals surface area contributed by atoms with Crippen molar-refractivity contribution in [2.45, 2.75) is 6.92 Å². The Morgan fingerprint density at radius 2 is 2.06 bits per heavy atom. The Hall–Kier alpha value is -2.04. The number of para-hydroxylation sites is 1. The Morgan fingerprint density at radius 3 is 2.69 bits per heavy atom. The van der Waals surface area contributed by atoms with Gasteiger partial charge in [-0.15, -0.1) is 0 Å². The van der Waals surface area contributed by atoms with Crippen LogP contribution in [0.3, 0.4) is 0 Å². The highest BCUT2D eigenvalue weighted by molar-refractivity contribution is 5.91. The summed E-state index contributed by atoms with van der Waals surface area (Å²) in [4.78, 5) is 21.9. The van der Waals surface area contributed by atoms with Crippen LogP contribution in [0.1, 0.15) is 17.3 Å². The SMILES string of the molecule is CCNC(=O)COc1ccccc1C(=O)O. The topological polar surface area (TPSA) is 75.6 Å². The maximum absolute atomic E-state index is 11.1. The summed E-state index contributed by atoms with van der Waals surface area (Å²) in [6.07, 6.45) is 0. The number of hydrogen-bond acceptors (Lipinski definition) is 3. The number of carboxylic acid groups (broad SMARTS) is 1. The summed E-state index contributed by atoms with van der Waals surface area (Å²) in [6, 6.07) is 6.19. The fraction of sp³-hybridized carbons (Fsp3) is 0.273. The minimum absolute atomic E-state index is 0.0480. The summed E-state index contributed by atoms with van der Waals surface area (Å²) in [5.41, 5.74) is 0.0480. The summed E-state index contributed by atoms with van der Waals surface area (Å²) < 4.78 is 5.12. The van der Waals surface area contributed by atoms with Gasteiger partial charge in [0.05, 0.1) is 0 Å². The summed E-state index contributed by atoms with van der Waals surface area (Å²) in [5.74, 6) is -1.16. The third kappa shape index (κ3) is 3.27. The van der Waals surface area contributed by atoms with Crippen molar-refractivity contribution >= 4 is 11.9 Å². The van der Waals surface area contributed by atoms with Gasteiger partial charge < -0.3 is 15.2 Å². The van der Waals surface area contributed by atoms with Crippen LogP contribution in [0.4, 0.5) is 0 Å². The molecular formula is C11H13NO4. The average Bonchev–Trinajstić information content (AvgIpc) is 2.27. The van der Waals surface area contributed by atoms with E-state index >= 15 is 0 Å². The molecule has 0 spiro atoms. The normalized spacial score (nSPS) is 9.56. The molecule has 1 aromatic carbocycles. The van der Waals surface area contributed by atoms with Crippen LogP contribution in [0.2, 0.25) is 0 Å². The predicted octanol–water partition coefficient (Wildman–Crippen LogP) is 0.900. The quantitative estimate of drug-likeness (QED) is 0.777. The molecule has 0 saturated carbocycles. The number of carboxylic acids is 1. The summed E-state index contributed by atoms with van der Waals surface area (Å²) in [7, 11) is 0. The second kappa shape index (κ2) is 5.75. The van der Waals surface area contributed by atoms with Crippen LogP contribution < -0.4 is 10.1 Å². The molecule has 2 N–H and O–H groups in total. The zero-order valence-electron chi connectivity index (χ0n) is 8.90. The van der Waals surface area contributed by atoms with Crippen molar-refractivity contribution in [2.75, 3.05) is 13.2 Å². The molecule has 0 saturated heterocycles. The number of benzene rings is 1. The number of rotatable bonds is 5. The third-order valence-corrected chi connectivity index (χ3v) is 1.85. The first-order valence-corrected chi connectivity index (χ1v) is 4.87. The Morgan fingerprint density at radius 1 is 1.38 bits per heavy atom. The standard InChI is InChI=1S/C11H13NO4/c1-2-12-10(13)7-16-9-6-4-3-5-8(9)11(14)15/h3-6H,2,7H2,1H3,(H,12,13)(H,14,15). The molecule has 0 aliphatic rings. The molecule has 0 fully saturated rings. The molecule has 1 amide bonds. The van der Waals surface area contributed by atoms with Gasteiger partial charge in [-0.1, -0.05) is 12.1 Å². The molecule has 5 nitrogen and oxygen atoms in total. The van der Waals surface area contributed by atoms with Crippen LogP contribution in [0.25, 0.3) is 0 Å². The molecule has 0 aliphatic heterocycles.